The number of hydrogen-bond acceptors (Lipinski definition) is 7. The van der Waals surface area contributed by atoms with Crippen molar-refractivity contribution in [2.24, 2.45) is 5.92 Å². The highest BCUT2D eigenvalue weighted by atomic mass is 32.2. The van der Waals surface area contributed by atoms with E-state index in [1.54, 1.807) is 0 Å². The maximum absolute atomic E-state index is 12.9. The summed E-state index contributed by atoms with van der Waals surface area (Å²) in [6, 6.07) is 15.3. The molecule has 198 valence electrons. The summed E-state index contributed by atoms with van der Waals surface area (Å²) in [6.07, 6.45) is 0. The number of hydrogen-bond donors (Lipinski definition) is 2. The van der Waals surface area contributed by atoms with Crippen LogP contribution in [0.5, 0.6) is 0 Å². The predicted octanol–water partition coefficient (Wildman–Crippen LogP) is 5.90. The van der Waals surface area contributed by atoms with E-state index in [-0.39, 0.29) is 29.5 Å². The second-order valence-corrected chi connectivity index (χ2v) is 11.2. The van der Waals surface area contributed by atoms with Crippen LogP contribution in [0, 0.1) is 19.8 Å². The molecule has 4 aromatic rings. The van der Waals surface area contributed by atoms with Crippen LogP contribution in [0.2, 0.25) is 0 Å². The van der Waals surface area contributed by atoms with Crippen molar-refractivity contribution in [3.05, 3.63) is 76.4 Å². The van der Waals surface area contributed by atoms with Crippen LogP contribution in [0.15, 0.2) is 59.1 Å². The molecule has 0 bridgehead atoms. The lowest BCUT2D eigenvalue weighted by atomic mass is 10.0. The van der Waals surface area contributed by atoms with Crippen LogP contribution in [0.4, 0.5) is 5.13 Å². The van der Waals surface area contributed by atoms with Gasteiger partial charge in [0.2, 0.25) is 5.91 Å². The highest BCUT2D eigenvalue weighted by molar-refractivity contribution is 7.99. The second-order valence-electron chi connectivity index (χ2n) is 9.39. The minimum absolute atomic E-state index is 0.0904. The monoisotopic (exact) mass is 548 g/mol. The second kappa shape index (κ2) is 12.4. The van der Waals surface area contributed by atoms with E-state index in [1.165, 1.54) is 28.7 Å². The Hall–Kier alpha value is -3.50. The molecule has 38 heavy (non-hydrogen) atoms. The molecule has 0 saturated carbocycles. The molecule has 10 heteroatoms. The molecule has 2 aromatic carbocycles. The van der Waals surface area contributed by atoms with Crippen molar-refractivity contribution < 1.29 is 9.59 Å². The molecule has 2 amide bonds. The fourth-order valence-corrected chi connectivity index (χ4v) is 5.41. The number of benzene rings is 2. The number of nitrogens with one attached hydrogen (secondary N) is 2. The topological polar surface area (TPSA) is 102 Å². The Kier molecular flexibility index (Phi) is 8.96. The summed E-state index contributed by atoms with van der Waals surface area (Å²) in [5.41, 5.74) is 4.73. The first-order valence-electron chi connectivity index (χ1n) is 12.5. The molecule has 0 radical (unpaired) electrons. The number of aromatic nitrogens is 4. The molecule has 2 heterocycles. The molecule has 0 aliphatic carbocycles. The van der Waals surface area contributed by atoms with Gasteiger partial charge in [-0.2, -0.15) is 0 Å². The standard InChI is InChI=1S/C28H32N6O2S2/c1-6-34-25(24(17(2)3)31-26(36)21-13-9-19(5)10-14-21)32-33-28(34)38-16-23(35)30-27-29-22(15-37-27)20-11-7-18(4)8-12-20/h7-15,17,24H,6,16H2,1-5H3,(H,31,36)(H,29,30,35). The van der Waals surface area contributed by atoms with Crippen molar-refractivity contribution in [1.82, 2.24) is 25.1 Å². The molecular formula is C28H32N6O2S2. The highest BCUT2D eigenvalue weighted by Gasteiger charge is 2.26. The summed E-state index contributed by atoms with van der Waals surface area (Å²) in [5, 5.41) is 17.9. The SMILES string of the molecule is CCn1c(SCC(=O)Nc2nc(-c3ccc(C)cc3)cs2)nnc1C(NC(=O)c1ccc(C)cc1)C(C)C. The van der Waals surface area contributed by atoms with Gasteiger partial charge < -0.3 is 15.2 Å². The first kappa shape index (κ1) is 27.5. The molecule has 1 unspecified atom stereocenters. The van der Waals surface area contributed by atoms with Crippen molar-refractivity contribution in [3.8, 4) is 11.3 Å². The van der Waals surface area contributed by atoms with Gasteiger partial charge in [0.05, 0.1) is 17.5 Å². The van der Waals surface area contributed by atoms with Gasteiger partial charge >= 0.3 is 0 Å². The van der Waals surface area contributed by atoms with Crippen molar-refractivity contribution in [3.63, 3.8) is 0 Å². The zero-order chi connectivity index (χ0) is 27.2. The van der Waals surface area contributed by atoms with Gasteiger partial charge in [0, 0.05) is 23.1 Å². The van der Waals surface area contributed by atoms with E-state index in [1.807, 2.05) is 93.1 Å². The van der Waals surface area contributed by atoms with Crippen LogP contribution in [0.25, 0.3) is 11.3 Å². The number of thiazole rings is 1. The minimum atomic E-state index is -0.324. The predicted molar refractivity (Wildman–Crippen MR) is 154 cm³/mol. The Morgan fingerprint density at radius 2 is 1.66 bits per heavy atom. The lowest BCUT2D eigenvalue weighted by Gasteiger charge is -2.22. The van der Waals surface area contributed by atoms with Crippen LogP contribution in [0.3, 0.4) is 0 Å². The van der Waals surface area contributed by atoms with Crippen molar-refractivity contribution in [1.29, 1.82) is 0 Å². The molecule has 0 fully saturated rings. The molecule has 1 atom stereocenters. The van der Waals surface area contributed by atoms with Crippen LogP contribution in [-0.4, -0.2) is 37.3 Å². The van der Waals surface area contributed by atoms with Gasteiger partial charge in [0.1, 0.15) is 0 Å². The third-order valence-electron chi connectivity index (χ3n) is 6.04. The molecule has 0 spiro atoms. The third kappa shape index (κ3) is 6.68. The average molecular weight is 549 g/mol. The Balaban J connectivity index is 1.40. The van der Waals surface area contributed by atoms with Gasteiger partial charge in [0.15, 0.2) is 16.1 Å². The summed E-state index contributed by atoms with van der Waals surface area (Å²) < 4.78 is 1.96. The molecule has 0 aliphatic heterocycles. The van der Waals surface area contributed by atoms with Gasteiger partial charge in [-0.1, -0.05) is 73.1 Å². The zero-order valence-corrected chi connectivity index (χ0v) is 23.8. The van der Waals surface area contributed by atoms with Crippen LogP contribution in [-0.2, 0) is 11.3 Å². The number of aryl methyl sites for hydroxylation is 2. The lowest BCUT2D eigenvalue weighted by Crippen LogP contribution is -2.33. The summed E-state index contributed by atoms with van der Waals surface area (Å²) in [7, 11) is 0. The van der Waals surface area contributed by atoms with Gasteiger partial charge in [-0.15, -0.1) is 21.5 Å². The molecular weight excluding hydrogens is 516 g/mol. The van der Waals surface area contributed by atoms with Crippen LogP contribution < -0.4 is 10.6 Å². The summed E-state index contributed by atoms with van der Waals surface area (Å²) in [5.74, 6) is 0.609. The maximum atomic E-state index is 12.9. The van der Waals surface area contributed by atoms with E-state index >= 15 is 0 Å². The normalized spacial score (nSPS) is 11.9. The van der Waals surface area contributed by atoms with Gasteiger partial charge in [-0.25, -0.2) is 4.98 Å². The Morgan fingerprint density at radius 1 is 1.00 bits per heavy atom. The number of carbonyl (C=O) groups excluding carboxylic acids is 2. The van der Waals surface area contributed by atoms with Gasteiger partial charge in [-0.05, 0) is 38.8 Å². The fraction of sp³-hybridized carbons (Fsp3) is 0.321. The van der Waals surface area contributed by atoms with E-state index in [0.29, 0.717) is 28.2 Å². The first-order valence-corrected chi connectivity index (χ1v) is 14.4. The third-order valence-corrected chi connectivity index (χ3v) is 7.76. The summed E-state index contributed by atoms with van der Waals surface area (Å²) >= 11 is 2.71. The quantitative estimate of drug-likeness (QED) is 0.239. The number of nitrogens with zero attached hydrogens (tertiary/aromatic N) is 4. The number of thioether (sulfide) groups is 1. The summed E-state index contributed by atoms with van der Waals surface area (Å²) in [6.45, 7) is 10.7. The minimum Gasteiger partial charge on any atom is -0.342 e. The number of anilines is 1. The average Bonchev–Trinajstić information content (AvgIpc) is 3.53. The lowest BCUT2D eigenvalue weighted by molar-refractivity contribution is -0.113. The largest absolute Gasteiger partial charge is 0.342 e. The smallest absolute Gasteiger partial charge is 0.251 e. The maximum Gasteiger partial charge on any atom is 0.251 e. The highest BCUT2D eigenvalue weighted by Crippen LogP contribution is 2.27. The van der Waals surface area contributed by atoms with E-state index in [4.69, 9.17) is 0 Å². The van der Waals surface area contributed by atoms with Gasteiger partial charge in [0.25, 0.3) is 5.91 Å². The molecule has 4 rings (SSSR count). The first-order chi connectivity index (χ1) is 18.2. The number of rotatable bonds is 10. The van der Waals surface area contributed by atoms with Gasteiger partial charge in [-0.3, -0.25) is 9.59 Å². The van der Waals surface area contributed by atoms with Crippen molar-refractivity contribution in [2.75, 3.05) is 11.1 Å². The van der Waals surface area contributed by atoms with Crippen LogP contribution in [0.1, 0.15) is 54.1 Å². The van der Waals surface area contributed by atoms with E-state index in [9.17, 15) is 9.59 Å². The number of carbonyl (C=O) groups is 2. The Labute approximate surface area is 231 Å². The van der Waals surface area contributed by atoms with E-state index in [2.05, 4.69) is 25.8 Å². The van der Waals surface area contributed by atoms with E-state index < -0.39 is 0 Å². The molecule has 2 aromatic heterocycles. The molecule has 0 saturated heterocycles. The van der Waals surface area contributed by atoms with Crippen molar-refractivity contribution >= 4 is 40.0 Å². The molecule has 8 nitrogen and oxygen atoms in total. The Morgan fingerprint density at radius 3 is 2.29 bits per heavy atom. The van der Waals surface area contributed by atoms with Crippen molar-refractivity contribution in [2.45, 2.75) is 52.4 Å². The summed E-state index contributed by atoms with van der Waals surface area (Å²) in [4.78, 5) is 30.1. The zero-order valence-electron chi connectivity index (χ0n) is 22.2. The van der Waals surface area contributed by atoms with E-state index in [0.717, 1.165) is 16.8 Å². The molecule has 0 aliphatic rings. The van der Waals surface area contributed by atoms with Crippen LogP contribution >= 0.6 is 23.1 Å². The number of amides is 2. The fourth-order valence-electron chi connectivity index (χ4n) is 3.87. The Bertz CT molecular complexity index is 1390. The molecule has 2 N–H and O–H groups in total.